The molecule has 3 unspecified atom stereocenters. The molecule has 1 saturated carbocycles. The molecule has 0 aromatic heterocycles. The molecule has 4 N–H and O–H groups in total. The zero-order valence-corrected chi connectivity index (χ0v) is 13.4. The fourth-order valence-electron chi connectivity index (χ4n) is 2.52. The van der Waals surface area contributed by atoms with Gasteiger partial charge in [0.15, 0.2) is 0 Å². The Hall–Kier alpha value is -1.59. The lowest BCUT2D eigenvalue weighted by atomic mass is 9.90. The van der Waals surface area contributed by atoms with Crippen LogP contribution in [0.25, 0.3) is 0 Å². The monoisotopic (exact) mass is 297 g/mol. The van der Waals surface area contributed by atoms with Crippen LogP contribution in [-0.4, -0.2) is 29.8 Å². The van der Waals surface area contributed by atoms with E-state index in [-0.39, 0.29) is 36.6 Å². The number of amides is 3. The number of nitrogens with one attached hydrogen (secondary N) is 2. The van der Waals surface area contributed by atoms with Crippen LogP contribution in [0.1, 0.15) is 47.0 Å². The third-order valence-electron chi connectivity index (χ3n) is 3.87. The number of carbonyl (C=O) groups is 3. The van der Waals surface area contributed by atoms with E-state index in [1.54, 1.807) is 6.92 Å². The highest BCUT2D eigenvalue weighted by Gasteiger charge is 2.39. The molecule has 0 spiro atoms. The summed E-state index contributed by atoms with van der Waals surface area (Å²) >= 11 is 0. The minimum Gasteiger partial charge on any atom is -0.368 e. The predicted molar refractivity (Wildman–Crippen MR) is 80.1 cm³/mol. The van der Waals surface area contributed by atoms with E-state index >= 15 is 0 Å². The van der Waals surface area contributed by atoms with E-state index in [0.717, 1.165) is 6.42 Å². The SMILES string of the molecule is CC(C)CC(C)(NC(=O)CCNC(=O)C1CC1C)C(N)=O. The van der Waals surface area contributed by atoms with Crippen molar-refractivity contribution in [2.24, 2.45) is 23.5 Å². The van der Waals surface area contributed by atoms with Gasteiger partial charge < -0.3 is 16.4 Å². The van der Waals surface area contributed by atoms with Gasteiger partial charge in [-0.15, -0.1) is 0 Å². The maximum absolute atomic E-state index is 11.9. The molecule has 6 nitrogen and oxygen atoms in total. The van der Waals surface area contributed by atoms with Crippen molar-refractivity contribution >= 4 is 17.7 Å². The summed E-state index contributed by atoms with van der Waals surface area (Å²) in [6.45, 7) is 7.87. The zero-order valence-electron chi connectivity index (χ0n) is 13.4. The Morgan fingerprint density at radius 3 is 2.33 bits per heavy atom. The molecule has 1 aliphatic carbocycles. The first-order chi connectivity index (χ1) is 9.65. The molecule has 21 heavy (non-hydrogen) atoms. The number of hydrogen-bond acceptors (Lipinski definition) is 3. The number of carbonyl (C=O) groups excluding carboxylic acids is 3. The second kappa shape index (κ2) is 6.91. The van der Waals surface area contributed by atoms with Gasteiger partial charge in [-0.05, 0) is 31.6 Å². The van der Waals surface area contributed by atoms with E-state index in [0.29, 0.717) is 12.3 Å². The van der Waals surface area contributed by atoms with Gasteiger partial charge in [0.2, 0.25) is 17.7 Å². The van der Waals surface area contributed by atoms with Crippen LogP contribution in [0, 0.1) is 17.8 Å². The molecule has 1 rings (SSSR count). The van der Waals surface area contributed by atoms with Crippen LogP contribution in [0.3, 0.4) is 0 Å². The minimum absolute atomic E-state index is 0.00939. The molecular weight excluding hydrogens is 270 g/mol. The van der Waals surface area contributed by atoms with Crippen molar-refractivity contribution in [3.8, 4) is 0 Å². The lowest BCUT2D eigenvalue weighted by Gasteiger charge is -2.29. The third-order valence-corrected chi connectivity index (χ3v) is 3.87. The van der Waals surface area contributed by atoms with E-state index < -0.39 is 11.4 Å². The fraction of sp³-hybridized carbons (Fsp3) is 0.800. The summed E-state index contributed by atoms with van der Waals surface area (Å²) in [4.78, 5) is 35.1. The summed E-state index contributed by atoms with van der Waals surface area (Å²) < 4.78 is 0. The zero-order chi connectivity index (χ0) is 16.2. The Morgan fingerprint density at radius 1 is 1.33 bits per heavy atom. The average molecular weight is 297 g/mol. The van der Waals surface area contributed by atoms with E-state index in [1.807, 2.05) is 20.8 Å². The molecule has 1 aliphatic rings. The molecule has 3 amide bonds. The molecular formula is C15H27N3O3. The lowest BCUT2D eigenvalue weighted by molar-refractivity contribution is -0.131. The Labute approximate surface area is 126 Å². The smallest absolute Gasteiger partial charge is 0.242 e. The number of nitrogens with two attached hydrogens (primary N) is 1. The molecule has 0 bridgehead atoms. The van der Waals surface area contributed by atoms with Crippen molar-refractivity contribution in [2.75, 3.05) is 6.54 Å². The Morgan fingerprint density at radius 2 is 1.90 bits per heavy atom. The van der Waals surface area contributed by atoms with Gasteiger partial charge in [-0.25, -0.2) is 0 Å². The van der Waals surface area contributed by atoms with Gasteiger partial charge in [-0.3, -0.25) is 14.4 Å². The van der Waals surface area contributed by atoms with Crippen molar-refractivity contribution in [1.29, 1.82) is 0 Å². The number of primary amides is 1. The van der Waals surface area contributed by atoms with Crippen molar-refractivity contribution in [3.05, 3.63) is 0 Å². The predicted octanol–water partition coefficient (Wildman–Crippen LogP) is 0.555. The third kappa shape index (κ3) is 5.36. The Balaban J connectivity index is 2.36. The first kappa shape index (κ1) is 17.5. The van der Waals surface area contributed by atoms with Gasteiger partial charge in [0.1, 0.15) is 5.54 Å². The van der Waals surface area contributed by atoms with Gasteiger partial charge in [-0.1, -0.05) is 20.8 Å². The maximum atomic E-state index is 11.9. The van der Waals surface area contributed by atoms with Gasteiger partial charge >= 0.3 is 0 Å². The van der Waals surface area contributed by atoms with E-state index in [4.69, 9.17) is 5.73 Å². The van der Waals surface area contributed by atoms with Crippen LogP contribution in [0.2, 0.25) is 0 Å². The molecule has 0 radical (unpaired) electrons. The van der Waals surface area contributed by atoms with Gasteiger partial charge in [0.05, 0.1) is 0 Å². The molecule has 1 fully saturated rings. The second-order valence-electron chi connectivity index (χ2n) is 6.70. The molecule has 0 heterocycles. The fourth-order valence-corrected chi connectivity index (χ4v) is 2.52. The highest BCUT2D eigenvalue weighted by Crippen LogP contribution is 2.37. The summed E-state index contributed by atoms with van der Waals surface area (Å²) in [6.07, 6.45) is 1.56. The summed E-state index contributed by atoms with van der Waals surface area (Å²) in [7, 11) is 0. The molecule has 0 aliphatic heterocycles. The molecule has 0 saturated heterocycles. The average Bonchev–Trinajstić information content (AvgIpc) is 3.04. The summed E-state index contributed by atoms with van der Waals surface area (Å²) in [5, 5.41) is 5.43. The Kier molecular flexibility index (Phi) is 5.75. The molecule has 3 atom stereocenters. The molecule has 120 valence electrons. The highest BCUT2D eigenvalue weighted by atomic mass is 16.2. The standard InChI is InChI=1S/C15H27N3O3/c1-9(2)8-15(4,14(16)21)18-12(19)5-6-17-13(20)11-7-10(11)3/h9-11H,5-8H2,1-4H3,(H2,16,21)(H,17,20)(H,18,19). The molecule has 0 aromatic rings. The number of hydrogen-bond donors (Lipinski definition) is 3. The minimum atomic E-state index is -1.04. The van der Waals surface area contributed by atoms with Crippen molar-refractivity contribution in [1.82, 2.24) is 10.6 Å². The van der Waals surface area contributed by atoms with Crippen LogP contribution in [0.5, 0.6) is 0 Å². The van der Waals surface area contributed by atoms with Gasteiger partial charge in [-0.2, -0.15) is 0 Å². The first-order valence-electron chi connectivity index (χ1n) is 7.54. The van der Waals surface area contributed by atoms with Crippen molar-refractivity contribution in [3.63, 3.8) is 0 Å². The summed E-state index contributed by atoms with van der Waals surface area (Å²) in [5.74, 6) is -0.0246. The largest absolute Gasteiger partial charge is 0.368 e. The topological polar surface area (TPSA) is 101 Å². The summed E-state index contributed by atoms with van der Waals surface area (Å²) in [5.41, 5.74) is 4.34. The van der Waals surface area contributed by atoms with Gasteiger partial charge in [0.25, 0.3) is 0 Å². The van der Waals surface area contributed by atoms with E-state index in [1.165, 1.54) is 0 Å². The molecule has 0 aromatic carbocycles. The molecule has 6 heteroatoms. The second-order valence-corrected chi connectivity index (χ2v) is 6.70. The van der Waals surface area contributed by atoms with Crippen LogP contribution in [0.15, 0.2) is 0 Å². The van der Waals surface area contributed by atoms with Crippen LogP contribution < -0.4 is 16.4 Å². The van der Waals surface area contributed by atoms with E-state index in [2.05, 4.69) is 10.6 Å². The van der Waals surface area contributed by atoms with Crippen LogP contribution in [-0.2, 0) is 14.4 Å². The van der Waals surface area contributed by atoms with Crippen molar-refractivity contribution in [2.45, 2.75) is 52.5 Å². The van der Waals surface area contributed by atoms with E-state index in [9.17, 15) is 14.4 Å². The highest BCUT2D eigenvalue weighted by molar-refractivity contribution is 5.90. The number of rotatable bonds is 8. The lowest BCUT2D eigenvalue weighted by Crippen LogP contribution is -2.56. The first-order valence-corrected chi connectivity index (χ1v) is 7.54. The van der Waals surface area contributed by atoms with Crippen molar-refractivity contribution < 1.29 is 14.4 Å². The van der Waals surface area contributed by atoms with Crippen LogP contribution in [0.4, 0.5) is 0 Å². The quantitative estimate of drug-likeness (QED) is 0.610. The Bertz CT molecular complexity index is 422. The summed E-state index contributed by atoms with van der Waals surface area (Å²) in [6, 6.07) is 0. The maximum Gasteiger partial charge on any atom is 0.242 e. The van der Waals surface area contributed by atoms with Gasteiger partial charge in [0, 0.05) is 18.9 Å². The normalized spacial score (nSPS) is 23.3. The van der Waals surface area contributed by atoms with Crippen LogP contribution >= 0.6 is 0 Å².